The molecule has 1 aromatic rings. The van der Waals surface area contributed by atoms with Crippen LogP contribution in [0.5, 0.6) is 0 Å². The van der Waals surface area contributed by atoms with Crippen LogP contribution in [0.1, 0.15) is 44.1 Å². The van der Waals surface area contributed by atoms with E-state index in [4.69, 9.17) is 4.42 Å². The van der Waals surface area contributed by atoms with E-state index in [9.17, 15) is 4.79 Å². The van der Waals surface area contributed by atoms with Gasteiger partial charge in [-0.25, -0.2) is 0 Å². The second-order valence-corrected chi connectivity index (χ2v) is 6.56. The van der Waals surface area contributed by atoms with Crippen molar-refractivity contribution in [3.05, 3.63) is 29.7 Å². The topological polar surface area (TPSA) is 36.7 Å². The molecular weight excluding hydrogens is 276 g/mol. The summed E-state index contributed by atoms with van der Waals surface area (Å²) < 4.78 is 5.69. The van der Waals surface area contributed by atoms with Gasteiger partial charge in [0, 0.05) is 25.7 Å². The van der Waals surface area contributed by atoms with E-state index in [1.54, 1.807) is 0 Å². The number of carbonyl (C=O) groups excluding carboxylic acids is 1. The standard InChI is InChI=1S/C18H26N2O2/c1-14-5-3-4-10-20(14)18(21)13-19-11-8-16(9-12-19)17-7-6-15(2)22-17/h6-8,14H,3-5,9-13H2,1-2H3/t14-/m1/s1. The molecule has 1 atom stereocenters. The third-order valence-corrected chi connectivity index (χ3v) is 4.83. The molecule has 1 amide bonds. The molecule has 0 unspecified atom stereocenters. The van der Waals surface area contributed by atoms with Gasteiger partial charge in [0.25, 0.3) is 0 Å². The molecule has 3 rings (SSSR count). The number of amides is 1. The molecule has 2 aliphatic heterocycles. The maximum atomic E-state index is 12.5. The molecule has 1 fully saturated rings. The van der Waals surface area contributed by atoms with Gasteiger partial charge < -0.3 is 9.32 Å². The van der Waals surface area contributed by atoms with E-state index in [1.165, 1.54) is 12.0 Å². The molecule has 4 nitrogen and oxygen atoms in total. The number of nitrogens with zero attached hydrogens (tertiary/aromatic N) is 2. The molecule has 1 saturated heterocycles. The minimum atomic E-state index is 0.290. The van der Waals surface area contributed by atoms with Gasteiger partial charge in [-0.15, -0.1) is 0 Å². The third kappa shape index (κ3) is 3.43. The predicted molar refractivity (Wildman–Crippen MR) is 87.5 cm³/mol. The number of furan rings is 1. The van der Waals surface area contributed by atoms with Gasteiger partial charge in [0.15, 0.2) is 0 Å². The van der Waals surface area contributed by atoms with E-state index in [0.29, 0.717) is 12.6 Å². The maximum Gasteiger partial charge on any atom is 0.236 e. The van der Waals surface area contributed by atoms with Gasteiger partial charge >= 0.3 is 0 Å². The minimum absolute atomic E-state index is 0.290. The lowest BCUT2D eigenvalue weighted by molar-refractivity contribution is -0.135. The van der Waals surface area contributed by atoms with E-state index in [1.807, 2.05) is 19.1 Å². The van der Waals surface area contributed by atoms with E-state index >= 15 is 0 Å². The Morgan fingerprint density at radius 2 is 2.18 bits per heavy atom. The molecule has 2 aliphatic rings. The molecule has 0 N–H and O–H groups in total. The van der Waals surface area contributed by atoms with Crippen LogP contribution in [0.4, 0.5) is 0 Å². The van der Waals surface area contributed by atoms with Crippen molar-refractivity contribution in [3.63, 3.8) is 0 Å². The lowest BCUT2D eigenvalue weighted by Crippen LogP contribution is -2.47. The van der Waals surface area contributed by atoms with Crippen LogP contribution >= 0.6 is 0 Å². The van der Waals surface area contributed by atoms with Crippen molar-refractivity contribution in [2.75, 3.05) is 26.2 Å². The molecule has 0 bridgehead atoms. The van der Waals surface area contributed by atoms with E-state index < -0.39 is 0 Å². The van der Waals surface area contributed by atoms with Crippen molar-refractivity contribution in [1.29, 1.82) is 0 Å². The zero-order valence-electron chi connectivity index (χ0n) is 13.7. The zero-order valence-corrected chi connectivity index (χ0v) is 13.7. The van der Waals surface area contributed by atoms with Crippen molar-refractivity contribution < 1.29 is 9.21 Å². The number of piperidine rings is 1. The Hall–Kier alpha value is -1.55. The molecule has 4 heteroatoms. The van der Waals surface area contributed by atoms with Gasteiger partial charge in [-0.1, -0.05) is 6.08 Å². The fourth-order valence-corrected chi connectivity index (χ4v) is 3.44. The van der Waals surface area contributed by atoms with Crippen LogP contribution in [0.25, 0.3) is 5.57 Å². The quantitative estimate of drug-likeness (QED) is 0.861. The van der Waals surface area contributed by atoms with Gasteiger partial charge in [-0.3, -0.25) is 9.69 Å². The second-order valence-electron chi connectivity index (χ2n) is 6.56. The fraction of sp³-hybridized carbons (Fsp3) is 0.611. The summed E-state index contributed by atoms with van der Waals surface area (Å²) in [4.78, 5) is 16.8. The maximum absolute atomic E-state index is 12.5. The highest BCUT2D eigenvalue weighted by Crippen LogP contribution is 2.24. The van der Waals surface area contributed by atoms with E-state index in [2.05, 4.69) is 22.8 Å². The summed E-state index contributed by atoms with van der Waals surface area (Å²) in [6.45, 7) is 7.39. The Balaban J connectivity index is 1.55. The molecule has 1 aromatic heterocycles. The second kappa shape index (κ2) is 6.69. The molecule has 0 spiro atoms. The van der Waals surface area contributed by atoms with Crippen LogP contribution in [-0.2, 0) is 4.79 Å². The molecule has 120 valence electrons. The smallest absolute Gasteiger partial charge is 0.236 e. The summed E-state index contributed by atoms with van der Waals surface area (Å²) in [5.74, 6) is 2.22. The summed E-state index contributed by atoms with van der Waals surface area (Å²) in [5, 5.41) is 0. The van der Waals surface area contributed by atoms with Crippen LogP contribution in [-0.4, -0.2) is 47.9 Å². The molecule has 0 aliphatic carbocycles. The number of hydrogen-bond donors (Lipinski definition) is 0. The molecule has 0 aromatic carbocycles. The largest absolute Gasteiger partial charge is 0.462 e. The van der Waals surface area contributed by atoms with E-state index in [0.717, 1.165) is 50.4 Å². The Labute approximate surface area is 132 Å². The zero-order chi connectivity index (χ0) is 15.5. The van der Waals surface area contributed by atoms with Crippen molar-refractivity contribution in [2.24, 2.45) is 0 Å². The summed E-state index contributed by atoms with van der Waals surface area (Å²) in [7, 11) is 0. The number of aryl methyl sites for hydroxylation is 1. The molecular formula is C18H26N2O2. The monoisotopic (exact) mass is 302 g/mol. The first-order valence-corrected chi connectivity index (χ1v) is 8.41. The lowest BCUT2D eigenvalue weighted by atomic mass is 10.0. The molecule has 0 saturated carbocycles. The Bertz CT molecular complexity index is 561. The van der Waals surface area contributed by atoms with Crippen molar-refractivity contribution >= 4 is 11.5 Å². The summed E-state index contributed by atoms with van der Waals surface area (Å²) in [6.07, 6.45) is 6.71. The number of hydrogen-bond acceptors (Lipinski definition) is 3. The number of carbonyl (C=O) groups is 1. The Morgan fingerprint density at radius 3 is 2.82 bits per heavy atom. The van der Waals surface area contributed by atoms with Crippen LogP contribution in [0, 0.1) is 6.92 Å². The first kappa shape index (κ1) is 15.3. The average Bonchev–Trinajstić information content (AvgIpc) is 2.95. The van der Waals surface area contributed by atoms with Crippen LogP contribution in [0.3, 0.4) is 0 Å². The van der Waals surface area contributed by atoms with Crippen LogP contribution < -0.4 is 0 Å². The molecule has 22 heavy (non-hydrogen) atoms. The fourth-order valence-electron chi connectivity index (χ4n) is 3.44. The van der Waals surface area contributed by atoms with Crippen molar-refractivity contribution in [3.8, 4) is 0 Å². The summed E-state index contributed by atoms with van der Waals surface area (Å²) in [5.41, 5.74) is 1.27. The van der Waals surface area contributed by atoms with Gasteiger partial charge in [0.2, 0.25) is 5.91 Å². The summed E-state index contributed by atoms with van der Waals surface area (Å²) >= 11 is 0. The highest BCUT2D eigenvalue weighted by Gasteiger charge is 2.25. The van der Waals surface area contributed by atoms with Crippen LogP contribution in [0.15, 0.2) is 22.6 Å². The lowest BCUT2D eigenvalue weighted by Gasteiger charge is -2.35. The van der Waals surface area contributed by atoms with Crippen molar-refractivity contribution in [1.82, 2.24) is 9.80 Å². The van der Waals surface area contributed by atoms with Crippen molar-refractivity contribution in [2.45, 2.75) is 45.6 Å². The average molecular weight is 302 g/mol. The highest BCUT2D eigenvalue weighted by atomic mass is 16.3. The van der Waals surface area contributed by atoms with Gasteiger partial charge in [0.1, 0.15) is 11.5 Å². The molecule has 3 heterocycles. The normalized spacial score (nSPS) is 23.5. The predicted octanol–water partition coefficient (Wildman–Crippen LogP) is 3.08. The molecule has 0 radical (unpaired) electrons. The van der Waals surface area contributed by atoms with Gasteiger partial charge in [-0.05, 0) is 57.2 Å². The number of rotatable bonds is 3. The Morgan fingerprint density at radius 1 is 1.32 bits per heavy atom. The Kier molecular flexibility index (Phi) is 4.67. The SMILES string of the molecule is Cc1ccc(C2=CCN(CC(=O)N3CCCC[C@H]3C)CC2)o1. The highest BCUT2D eigenvalue weighted by molar-refractivity contribution is 5.79. The first-order valence-electron chi connectivity index (χ1n) is 8.41. The van der Waals surface area contributed by atoms with Gasteiger partial charge in [-0.2, -0.15) is 0 Å². The van der Waals surface area contributed by atoms with Gasteiger partial charge in [0.05, 0.1) is 6.54 Å². The first-order chi connectivity index (χ1) is 10.6. The van der Waals surface area contributed by atoms with Crippen LogP contribution in [0.2, 0.25) is 0 Å². The minimum Gasteiger partial charge on any atom is -0.462 e. The van der Waals surface area contributed by atoms with E-state index in [-0.39, 0.29) is 5.91 Å². The summed E-state index contributed by atoms with van der Waals surface area (Å²) in [6, 6.07) is 4.45. The number of likely N-dealkylation sites (tertiary alicyclic amines) is 1. The third-order valence-electron chi connectivity index (χ3n) is 4.83.